The number of fused-ring (bicyclic) bond motifs is 1. The number of ether oxygens (including phenoxy) is 1. The lowest BCUT2D eigenvalue weighted by atomic mass is 10.0. The van der Waals surface area contributed by atoms with E-state index in [1.165, 1.54) is 0 Å². The Morgan fingerprint density at radius 2 is 1.57 bits per heavy atom. The summed E-state index contributed by atoms with van der Waals surface area (Å²) in [4.78, 5) is 34.0. The van der Waals surface area contributed by atoms with E-state index in [2.05, 4.69) is 39.0 Å². The first-order chi connectivity index (χ1) is 20.5. The first-order valence-corrected chi connectivity index (χ1v) is 14.1. The SMILES string of the molecule is COc1cccc(NC(=O)N2CCN(Cc3c(-c4ccccc4)nc4ccc(-c5ccc(C(C)=O)cc5)cn34)CC2)c1. The second-order valence-electron chi connectivity index (χ2n) is 10.5. The summed E-state index contributed by atoms with van der Waals surface area (Å²) in [6, 6.07) is 29.4. The van der Waals surface area contributed by atoms with Crippen molar-refractivity contribution >= 4 is 23.1 Å². The molecule has 212 valence electrons. The van der Waals surface area contributed by atoms with E-state index in [0.717, 1.165) is 46.8 Å². The van der Waals surface area contributed by atoms with Crippen LogP contribution in [0.4, 0.5) is 10.5 Å². The highest BCUT2D eigenvalue weighted by Crippen LogP contribution is 2.29. The van der Waals surface area contributed by atoms with Gasteiger partial charge in [-0.2, -0.15) is 0 Å². The Labute approximate surface area is 245 Å². The molecule has 0 radical (unpaired) electrons. The van der Waals surface area contributed by atoms with Crippen LogP contribution >= 0.6 is 0 Å². The van der Waals surface area contributed by atoms with E-state index in [9.17, 15) is 9.59 Å². The number of pyridine rings is 1. The fraction of sp³-hybridized carbons (Fsp3) is 0.206. The molecule has 2 amide bonds. The maximum absolute atomic E-state index is 13.0. The number of methoxy groups -OCH3 is 1. The van der Waals surface area contributed by atoms with Crippen molar-refractivity contribution < 1.29 is 14.3 Å². The standard InChI is InChI=1S/C34H33N5O3/c1-24(40)25-11-13-26(14-12-25)28-15-16-32-36-33(27-7-4-3-5-8-27)31(39(32)22-28)23-37-17-19-38(20-18-37)34(41)35-29-9-6-10-30(21-29)42-2/h3-16,21-22H,17-20,23H2,1-2H3,(H,35,41). The van der Waals surface area contributed by atoms with Crippen LogP contribution in [0.15, 0.2) is 97.2 Å². The lowest BCUT2D eigenvalue weighted by Gasteiger charge is -2.34. The highest BCUT2D eigenvalue weighted by molar-refractivity contribution is 5.94. The molecule has 1 aliphatic rings. The fourth-order valence-electron chi connectivity index (χ4n) is 5.36. The molecule has 0 bridgehead atoms. The van der Waals surface area contributed by atoms with Crippen molar-refractivity contribution in [2.45, 2.75) is 13.5 Å². The number of hydrogen-bond donors (Lipinski definition) is 1. The number of anilines is 1. The third kappa shape index (κ3) is 5.75. The molecule has 1 saturated heterocycles. The molecule has 2 aromatic heterocycles. The van der Waals surface area contributed by atoms with E-state index in [4.69, 9.17) is 9.72 Å². The molecule has 5 aromatic rings. The summed E-state index contributed by atoms with van der Waals surface area (Å²) >= 11 is 0. The lowest BCUT2D eigenvalue weighted by Crippen LogP contribution is -2.49. The number of ketones is 1. The highest BCUT2D eigenvalue weighted by atomic mass is 16.5. The molecule has 3 heterocycles. The number of aromatic nitrogens is 2. The summed E-state index contributed by atoms with van der Waals surface area (Å²) in [5.74, 6) is 0.760. The van der Waals surface area contributed by atoms with Crippen LogP contribution in [0.2, 0.25) is 0 Å². The minimum Gasteiger partial charge on any atom is -0.497 e. The smallest absolute Gasteiger partial charge is 0.321 e. The Balaban J connectivity index is 1.23. The van der Waals surface area contributed by atoms with Crippen molar-refractivity contribution in [2.75, 3.05) is 38.6 Å². The number of carbonyl (C=O) groups is 2. The minimum absolute atomic E-state index is 0.0549. The molecule has 0 atom stereocenters. The molecular formula is C34H33N5O3. The van der Waals surface area contributed by atoms with Crippen molar-refractivity contribution in [2.24, 2.45) is 0 Å². The van der Waals surface area contributed by atoms with Crippen LogP contribution in [-0.4, -0.2) is 64.3 Å². The largest absolute Gasteiger partial charge is 0.497 e. The topological polar surface area (TPSA) is 79.2 Å². The van der Waals surface area contributed by atoms with Gasteiger partial charge in [0.2, 0.25) is 0 Å². The summed E-state index contributed by atoms with van der Waals surface area (Å²) in [7, 11) is 1.61. The number of amides is 2. The molecule has 8 heteroatoms. The summed E-state index contributed by atoms with van der Waals surface area (Å²) in [6.07, 6.45) is 2.13. The Kier molecular flexibility index (Phi) is 7.70. The van der Waals surface area contributed by atoms with Gasteiger partial charge in [-0.25, -0.2) is 9.78 Å². The second kappa shape index (κ2) is 11.9. The van der Waals surface area contributed by atoms with Crippen molar-refractivity contribution in [1.82, 2.24) is 19.2 Å². The van der Waals surface area contributed by atoms with Crippen molar-refractivity contribution in [3.8, 4) is 28.1 Å². The van der Waals surface area contributed by atoms with Crippen LogP contribution in [0.3, 0.4) is 0 Å². The van der Waals surface area contributed by atoms with Gasteiger partial charge < -0.3 is 19.4 Å². The summed E-state index contributed by atoms with van der Waals surface area (Å²) in [5, 5.41) is 2.99. The second-order valence-corrected chi connectivity index (χ2v) is 10.5. The average molecular weight is 560 g/mol. The van der Waals surface area contributed by atoms with Crippen LogP contribution in [0.25, 0.3) is 28.0 Å². The number of carbonyl (C=O) groups excluding carboxylic acids is 2. The molecule has 1 N–H and O–H groups in total. The minimum atomic E-state index is -0.108. The number of nitrogens with one attached hydrogen (secondary N) is 1. The first-order valence-electron chi connectivity index (χ1n) is 14.1. The number of Topliss-reactive ketones (excluding diaryl/α,β-unsaturated/α-hetero) is 1. The summed E-state index contributed by atoms with van der Waals surface area (Å²) in [5.41, 5.74) is 7.51. The highest BCUT2D eigenvalue weighted by Gasteiger charge is 2.24. The molecule has 1 fully saturated rings. The molecule has 0 saturated carbocycles. The van der Waals surface area contributed by atoms with Gasteiger partial charge in [0.25, 0.3) is 0 Å². The fourth-order valence-corrected chi connectivity index (χ4v) is 5.36. The van der Waals surface area contributed by atoms with Gasteiger partial charge in [-0.1, -0.05) is 60.7 Å². The number of urea groups is 1. The molecular weight excluding hydrogens is 526 g/mol. The molecule has 0 unspecified atom stereocenters. The van der Waals surface area contributed by atoms with E-state index in [1.54, 1.807) is 14.0 Å². The predicted molar refractivity (Wildman–Crippen MR) is 165 cm³/mol. The molecule has 1 aliphatic heterocycles. The van der Waals surface area contributed by atoms with Crippen molar-refractivity contribution in [3.63, 3.8) is 0 Å². The van der Waals surface area contributed by atoms with Gasteiger partial charge in [-0.05, 0) is 42.3 Å². The van der Waals surface area contributed by atoms with Gasteiger partial charge in [0, 0.05) is 61.8 Å². The van der Waals surface area contributed by atoms with Crippen LogP contribution < -0.4 is 10.1 Å². The average Bonchev–Trinajstić information content (AvgIpc) is 3.39. The molecule has 0 aliphatic carbocycles. The number of benzene rings is 3. The van der Waals surface area contributed by atoms with Gasteiger partial charge in [-0.3, -0.25) is 9.69 Å². The lowest BCUT2D eigenvalue weighted by molar-refractivity contribution is 0.101. The van der Waals surface area contributed by atoms with Crippen LogP contribution in [0.1, 0.15) is 23.0 Å². The number of nitrogens with zero attached hydrogens (tertiary/aromatic N) is 4. The van der Waals surface area contributed by atoms with E-state index in [0.29, 0.717) is 36.6 Å². The zero-order valence-corrected chi connectivity index (χ0v) is 23.8. The molecule has 8 nitrogen and oxygen atoms in total. The zero-order valence-electron chi connectivity index (χ0n) is 23.8. The number of hydrogen-bond acceptors (Lipinski definition) is 5. The monoisotopic (exact) mass is 559 g/mol. The Morgan fingerprint density at radius 1 is 0.833 bits per heavy atom. The number of rotatable bonds is 7. The first kappa shape index (κ1) is 27.2. The predicted octanol–water partition coefficient (Wildman–Crippen LogP) is 6.23. The maximum atomic E-state index is 13.0. The number of piperazine rings is 1. The van der Waals surface area contributed by atoms with Crippen LogP contribution in [0.5, 0.6) is 5.75 Å². The van der Waals surface area contributed by atoms with E-state index in [1.807, 2.05) is 77.7 Å². The van der Waals surface area contributed by atoms with E-state index in [-0.39, 0.29) is 11.8 Å². The maximum Gasteiger partial charge on any atom is 0.321 e. The Bertz CT molecular complexity index is 1720. The van der Waals surface area contributed by atoms with Crippen LogP contribution in [-0.2, 0) is 6.54 Å². The molecule has 0 spiro atoms. The summed E-state index contributed by atoms with van der Waals surface area (Å²) < 4.78 is 7.45. The van der Waals surface area contributed by atoms with Gasteiger partial charge in [0.05, 0.1) is 18.5 Å². The van der Waals surface area contributed by atoms with Gasteiger partial charge >= 0.3 is 6.03 Å². The van der Waals surface area contributed by atoms with Crippen molar-refractivity contribution in [1.29, 1.82) is 0 Å². The van der Waals surface area contributed by atoms with Gasteiger partial charge in [-0.15, -0.1) is 0 Å². The van der Waals surface area contributed by atoms with Crippen molar-refractivity contribution in [3.05, 3.63) is 108 Å². The number of imidazole rings is 1. The normalized spacial score (nSPS) is 13.7. The summed E-state index contributed by atoms with van der Waals surface area (Å²) in [6.45, 7) is 5.03. The Hall–Kier alpha value is -4.95. The third-order valence-corrected chi connectivity index (χ3v) is 7.74. The third-order valence-electron chi connectivity index (χ3n) is 7.74. The van der Waals surface area contributed by atoms with Crippen LogP contribution in [0, 0.1) is 0 Å². The van der Waals surface area contributed by atoms with E-state index < -0.39 is 0 Å². The van der Waals surface area contributed by atoms with Gasteiger partial charge in [0.1, 0.15) is 11.4 Å². The molecule has 6 rings (SSSR count). The zero-order chi connectivity index (χ0) is 29.1. The van der Waals surface area contributed by atoms with E-state index >= 15 is 0 Å². The molecule has 3 aromatic carbocycles. The molecule has 42 heavy (non-hydrogen) atoms. The quantitative estimate of drug-likeness (QED) is 0.239. The van der Waals surface area contributed by atoms with Gasteiger partial charge in [0.15, 0.2) is 5.78 Å². The Morgan fingerprint density at radius 3 is 2.29 bits per heavy atom.